The molecule has 1 aliphatic rings. The molecule has 8 heteroatoms. The maximum atomic E-state index is 5.78. The molecule has 0 amide bonds. The van der Waals surface area contributed by atoms with E-state index in [1.165, 1.54) is 5.01 Å². The zero-order valence-corrected chi connectivity index (χ0v) is 12.4. The summed E-state index contributed by atoms with van der Waals surface area (Å²) in [7, 11) is 1.70. The predicted molar refractivity (Wildman–Crippen MR) is 85.2 cm³/mol. The Morgan fingerprint density at radius 1 is 1.14 bits per heavy atom. The Balaban J connectivity index is 1.89. The highest BCUT2D eigenvalue weighted by Crippen LogP contribution is 2.18. The van der Waals surface area contributed by atoms with Crippen LogP contribution in [0.3, 0.4) is 0 Å². The first-order valence-corrected chi connectivity index (χ1v) is 7.11. The largest absolute Gasteiger partial charge is 0.378 e. The summed E-state index contributed by atoms with van der Waals surface area (Å²) in [6.07, 6.45) is 0. The molecule has 0 unspecified atom stereocenters. The van der Waals surface area contributed by atoms with Gasteiger partial charge in [-0.25, -0.2) is 5.84 Å². The van der Waals surface area contributed by atoms with Crippen molar-refractivity contribution in [3.8, 4) is 0 Å². The third-order valence-corrected chi connectivity index (χ3v) is 3.25. The molecule has 3 rings (SSSR count). The lowest BCUT2D eigenvalue weighted by Crippen LogP contribution is -2.38. The third kappa shape index (κ3) is 3.41. The molecule has 0 atom stereocenters. The quantitative estimate of drug-likeness (QED) is 0.631. The number of hydrogen-bond acceptors (Lipinski definition) is 8. The summed E-state index contributed by atoms with van der Waals surface area (Å²) in [6.45, 7) is 2.84. The summed E-state index contributed by atoms with van der Waals surface area (Å²) in [5.74, 6) is 7.26. The van der Waals surface area contributed by atoms with Crippen LogP contribution in [0.2, 0.25) is 0 Å². The van der Waals surface area contributed by atoms with Gasteiger partial charge in [0.25, 0.3) is 0 Å². The Hall–Kier alpha value is -2.45. The molecule has 1 saturated heterocycles. The summed E-state index contributed by atoms with van der Waals surface area (Å²) in [6, 6.07) is 9.75. The molecule has 0 aliphatic carbocycles. The topological polar surface area (TPSA) is 92.4 Å². The van der Waals surface area contributed by atoms with Gasteiger partial charge >= 0.3 is 0 Å². The Labute approximate surface area is 128 Å². The van der Waals surface area contributed by atoms with Gasteiger partial charge < -0.3 is 15.0 Å². The van der Waals surface area contributed by atoms with Gasteiger partial charge in [-0.2, -0.15) is 15.0 Å². The third-order valence-electron chi connectivity index (χ3n) is 3.25. The maximum absolute atomic E-state index is 5.78. The molecule has 22 heavy (non-hydrogen) atoms. The van der Waals surface area contributed by atoms with Crippen molar-refractivity contribution in [2.45, 2.75) is 0 Å². The predicted octanol–water partition coefficient (Wildman–Crippen LogP) is 0.762. The van der Waals surface area contributed by atoms with E-state index in [-0.39, 0.29) is 0 Å². The molecule has 0 spiro atoms. The van der Waals surface area contributed by atoms with Crippen LogP contribution in [0.5, 0.6) is 0 Å². The van der Waals surface area contributed by atoms with Crippen molar-refractivity contribution in [2.75, 3.05) is 48.6 Å². The SMILES string of the molecule is CN(N)c1nc(Nc2ccccc2)nc(N2CCOCC2)n1. The van der Waals surface area contributed by atoms with Crippen LogP contribution in [0.1, 0.15) is 0 Å². The monoisotopic (exact) mass is 301 g/mol. The van der Waals surface area contributed by atoms with E-state index in [9.17, 15) is 0 Å². The van der Waals surface area contributed by atoms with Gasteiger partial charge in [0, 0.05) is 25.8 Å². The lowest BCUT2D eigenvalue weighted by atomic mass is 10.3. The number of para-hydroxylation sites is 1. The zero-order chi connectivity index (χ0) is 15.4. The molecule has 1 aliphatic heterocycles. The first-order valence-electron chi connectivity index (χ1n) is 7.11. The van der Waals surface area contributed by atoms with Crippen LogP contribution in [0.15, 0.2) is 30.3 Å². The second-order valence-corrected chi connectivity index (χ2v) is 4.96. The normalized spacial score (nSPS) is 14.7. The van der Waals surface area contributed by atoms with Crippen molar-refractivity contribution in [1.82, 2.24) is 15.0 Å². The van der Waals surface area contributed by atoms with Gasteiger partial charge in [-0.3, -0.25) is 5.01 Å². The van der Waals surface area contributed by atoms with Gasteiger partial charge in [0.05, 0.1) is 13.2 Å². The van der Waals surface area contributed by atoms with Crippen LogP contribution in [-0.4, -0.2) is 48.3 Å². The van der Waals surface area contributed by atoms with Gasteiger partial charge in [0.1, 0.15) is 0 Å². The molecule has 0 bridgehead atoms. The standard InChI is InChI=1S/C14H19N7O/c1-20(15)13-17-12(16-11-5-3-2-4-6-11)18-14(19-13)21-7-9-22-10-8-21/h2-6H,7-10,15H2,1H3,(H,16,17,18,19). The number of hydrazine groups is 1. The highest BCUT2D eigenvalue weighted by molar-refractivity contribution is 5.55. The first kappa shape index (κ1) is 14.5. The van der Waals surface area contributed by atoms with Crippen LogP contribution in [0.4, 0.5) is 23.5 Å². The smallest absolute Gasteiger partial charge is 0.246 e. The average molecular weight is 301 g/mol. The van der Waals surface area contributed by atoms with Crippen LogP contribution in [0.25, 0.3) is 0 Å². The van der Waals surface area contributed by atoms with Crippen molar-refractivity contribution in [2.24, 2.45) is 5.84 Å². The summed E-state index contributed by atoms with van der Waals surface area (Å²) < 4.78 is 5.36. The van der Waals surface area contributed by atoms with E-state index in [4.69, 9.17) is 10.6 Å². The molecule has 1 aromatic carbocycles. The number of nitrogens with two attached hydrogens (primary N) is 1. The first-order chi connectivity index (χ1) is 10.7. The molecular weight excluding hydrogens is 282 g/mol. The van der Waals surface area contributed by atoms with Gasteiger partial charge in [-0.1, -0.05) is 18.2 Å². The summed E-state index contributed by atoms with van der Waals surface area (Å²) in [5, 5.41) is 4.55. The highest BCUT2D eigenvalue weighted by Gasteiger charge is 2.17. The molecule has 2 heterocycles. The van der Waals surface area contributed by atoms with Crippen LogP contribution in [0, 0.1) is 0 Å². The van der Waals surface area contributed by atoms with E-state index in [0.29, 0.717) is 31.1 Å². The summed E-state index contributed by atoms with van der Waals surface area (Å²) in [4.78, 5) is 15.3. The second-order valence-electron chi connectivity index (χ2n) is 4.96. The van der Waals surface area contributed by atoms with E-state index >= 15 is 0 Å². The van der Waals surface area contributed by atoms with Crippen LogP contribution >= 0.6 is 0 Å². The number of aromatic nitrogens is 3. The fraction of sp³-hybridized carbons (Fsp3) is 0.357. The van der Waals surface area contributed by atoms with E-state index in [0.717, 1.165) is 18.8 Å². The van der Waals surface area contributed by atoms with Crippen LogP contribution < -0.4 is 21.1 Å². The van der Waals surface area contributed by atoms with Gasteiger partial charge in [-0.05, 0) is 12.1 Å². The van der Waals surface area contributed by atoms with E-state index in [1.807, 2.05) is 30.3 Å². The van der Waals surface area contributed by atoms with E-state index in [2.05, 4.69) is 25.2 Å². The Morgan fingerprint density at radius 2 is 1.86 bits per heavy atom. The molecule has 0 saturated carbocycles. The van der Waals surface area contributed by atoms with Crippen molar-refractivity contribution in [3.05, 3.63) is 30.3 Å². The molecule has 3 N–H and O–H groups in total. The number of benzene rings is 1. The zero-order valence-electron chi connectivity index (χ0n) is 12.4. The summed E-state index contributed by atoms with van der Waals surface area (Å²) in [5.41, 5.74) is 0.909. The lowest BCUT2D eigenvalue weighted by molar-refractivity contribution is 0.122. The number of hydrogen-bond donors (Lipinski definition) is 2. The van der Waals surface area contributed by atoms with Crippen molar-refractivity contribution < 1.29 is 4.74 Å². The summed E-state index contributed by atoms with van der Waals surface area (Å²) >= 11 is 0. The van der Waals surface area contributed by atoms with Crippen molar-refractivity contribution >= 4 is 23.5 Å². The number of nitrogens with one attached hydrogen (secondary N) is 1. The van der Waals surface area contributed by atoms with Crippen LogP contribution in [-0.2, 0) is 4.74 Å². The molecule has 1 fully saturated rings. The Kier molecular flexibility index (Phi) is 4.31. The van der Waals surface area contributed by atoms with Crippen molar-refractivity contribution in [3.63, 3.8) is 0 Å². The minimum Gasteiger partial charge on any atom is -0.378 e. The number of morpholine rings is 1. The highest BCUT2D eigenvalue weighted by atomic mass is 16.5. The number of anilines is 4. The maximum Gasteiger partial charge on any atom is 0.246 e. The fourth-order valence-electron chi connectivity index (χ4n) is 2.12. The molecule has 8 nitrogen and oxygen atoms in total. The molecule has 116 valence electrons. The van der Waals surface area contributed by atoms with Crippen molar-refractivity contribution in [1.29, 1.82) is 0 Å². The number of nitrogens with zero attached hydrogens (tertiary/aromatic N) is 5. The van der Waals surface area contributed by atoms with E-state index in [1.54, 1.807) is 7.05 Å². The fourth-order valence-corrected chi connectivity index (χ4v) is 2.12. The molecular formula is C14H19N7O. The lowest BCUT2D eigenvalue weighted by Gasteiger charge is -2.27. The molecule has 0 radical (unpaired) electrons. The average Bonchev–Trinajstić information content (AvgIpc) is 2.56. The van der Waals surface area contributed by atoms with Gasteiger partial charge in [0.2, 0.25) is 17.8 Å². The number of ether oxygens (including phenoxy) is 1. The number of rotatable bonds is 4. The molecule has 1 aromatic heterocycles. The van der Waals surface area contributed by atoms with Gasteiger partial charge in [0.15, 0.2) is 0 Å². The Morgan fingerprint density at radius 3 is 2.55 bits per heavy atom. The minimum atomic E-state index is 0.412. The molecule has 2 aromatic rings. The second kappa shape index (κ2) is 6.54. The van der Waals surface area contributed by atoms with E-state index < -0.39 is 0 Å². The minimum absolute atomic E-state index is 0.412. The Bertz CT molecular complexity index is 614. The van der Waals surface area contributed by atoms with Gasteiger partial charge in [-0.15, -0.1) is 0 Å².